The van der Waals surface area contributed by atoms with Crippen LogP contribution in [0, 0.1) is 0 Å². The Morgan fingerprint density at radius 2 is 1.85 bits per heavy atom. The highest BCUT2D eigenvalue weighted by Crippen LogP contribution is 2.29. The Hall–Kier alpha value is -2.72. The molecule has 0 radical (unpaired) electrons. The maximum atomic E-state index is 12.3. The Morgan fingerprint density at radius 1 is 1.04 bits per heavy atom. The van der Waals surface area contributed by atoms with E-state index in [0.717, 1.165) is 25.0 Å². The molecule has 3 aromatic rings. The van der Waals surface area contributed by atoms with E-state index in [1.54, 1.807) is 22.8 Å². The predicted octanol–water partition coefficient (Wildman–Crippen LogP) is 2.70. The van der Waals surface area contributed by atoms with Gasteiger partial charge in [-0.15, -0.1) is 22.7 Å². The number of nitrogens with one attached hydrogen (secondary N) is 2. The first-order valence-corrected chi connectivity index (χ1v) is 10.2. The van der Waals surface area contributed by atoms with Crippen molar-refractivity contribution in [2.75, 3.05) is 10.6 Å². The standard InChI is InChI=1S/C17H16N6O2S2/c24-13(22-17-21-11-4-1-2-5-12(11)27-17)8-10-9-26-16(20-10)23-15(25)14-18-6-3-7-19-14/h3,6-7,9H,1-2,4-5,8H2,(H,20,23,25)(H,21,22,24). The molecule has 27 heavy (non-hydrogen) atoms. The van der Waals surface area contributed by atoms with Crippen LogP contribution in [0.15, 0.2) is 23.8 Å². The second-order valence-electron chi connectivity index (χ2n) is 5.99. The van der Waals surface area contributed by atoms with Crippen LogP contribution in [-0.2, 0) is 24.1 Å². The van der Waals surface area contributed by atoms with E-state index >= 15 is 0 Å². The van der Waals surface area contributed by atoms with Crippen molar-refractivity contribution in [1.82, 2.24) is 19.9 Å². The number of hydrogen-bond acceptors (Lipinski definition) is 8. The van der Waals surface area contributed by atoms with Gasteiger partial charge in [-0.05, 0) is 31.7 Å². The van der Waals surface area contributed by atoms with Crippen molar-refractivity contribution < 1.29 is 9.59 Å². The average molecular weight is 400 g/mol. The van der Waals surface area contributed by atoms with Crippen LogP contribution in [0.2, 0.25) is 0 Å². The van der Waals surface area contributed by atoms with E-state index in [2.05, 4.69) is 30.6 Å². The number of fused-ring (bicyclic) bond motifs is 1. The molecule has 0 bridgehead atoms. The number of hydrogen-bond donors (Lipinski definition) is 2. The van der Waals surface area contributed by atoms with Crippen LogP contribution in [-0.4, -0.2) is 31.8 Å². The van der Waals surface area contributed by atoms with Crippen LogP contribution in [0.5, 0.6) is 0 Å². The highest BCUT2D eigenvalue weighted by molar-refractivity contribution is 7.16. The van der Waals surface area contributed by atoms with Gasteiger partial charge in [0, 0.05) is 22.7 Å². The fraction of sp³-hybridized carbons (Fsp3) is 0.294. The zero-order chi connectivity index (χ0) is 18.6. The summed E-state index contributed by atoms with van der Waals surface area (Å²) in [5, 5.41) is 8.28. The lowest BCUT2D eigenvalue weighted by molar-refractivity contribution is -0.115. The van der Waals surface area contributed by atoms with Crippen molar-refractivity contribution in [1.29, 1.82) is 0 Å². The number of nitrogens with zero attached hydrogens (tertiary/aromatic N) is 4. The van der Waals surface area contributed by atoms with Crippen LogP contribution in [0.25, 0.3) is 0 Å². The van der Waals surface area contributed by atoms with Gasteiger partial charge in [0.25, 0.3) is 5.91 Å². The number of amides is 2. The predicted molar refractivity (Wildman–Crippen MR) is 103 cm³/mol. The third-order valence-electron chi connectivity index (χ3n) is 3.97. The van der Waals surface area contributed by atoms with Gasteiger partial charge >= 0.3 is 0 Å². The average Bonchev–Trinajstić information content (AvgIpc) is 3.28. The summed E-state index contributed by atoms with van der Waals surface area (Å²) in [7, 11) is 0. The van der Waals surface area contributed by atoms with Crippen molar-refractivity contribution in [2.24, 2.45) is 0 Å². The normalized spacial score (nSPS) is 13.0. The summed E-state index contributed by atoms with van der Waals surface area (Å²) in [5.41, 5.74) is 1.70. The van der Waals surface area contributed by atoms with Crippen molar-refractivity contribution in [2.45, 2.75) is 32.1 Å². The summed E-state index contributed by atoms with van der Waals surface area (Å²) < 4.78 is 0. The van der Waals surface area contributed by atoms with E-state index in [0.29, 0.717) is 16.0 Å². The molecule has 3 heterocycles. The molecule has 0 atom stereocenters. The van der Waals surface area contributed by atoms with Crippen molar-refractivity contribution >= 4 is 44.8 Å². The maximum Gasteiger partial charge on any atom is 0.295 e. The van der Waals surface area contributed by atoms with Crippen LogP contribution >= 0.6 is 22.7 Å². The summed E-state index contributed by atoms with van der Waals surface area (Å²) in [6.45, 7) is 0. The number of thiazole rings is 2. The maximum absolute atomic E-state index is 12.3. The summed E-state index contributed by atoms with van der Waals surface area (Å²) in [5.74, 6) is -0.537. The molecule has 0 aliphatic heterocycles. The van der Waals surface area contributed by atoms with Gasteiger partial charge < -0.3 is 5.32 Å². The molecule has 0 unspecified atom stereocenters. The van der Waals surface area contributed by atoms with E-state index in [-0.39, 0.29) is 18.2 Å². The molecule has 8 nitrogen and oxygen atoms in total. The Morgan fingerprint density at radius 3 is 2.67 bits per heavy atom. The van der Waals surface area contributed by atoms with Gasteiger partial charge in [0.1, 0.15) is 0 Å². The van der Waals surface area contributed by atoms with Crippen molar-refractivity contribution in [3.05, 3.63) is 45.9 Å². The second kappa shape index (κ2) is 7.89. The summed E-state index contributed by atoms with van der Waals surface area (Å²) in [6, 6.07) is 1.63. The zero-order valence-electron chi connectivity index (χ0n) is 14.3. The van der Waals surface area contributed by atoms with Crippen LogP contribution in [0.1, 0.15) is 39.7 Å². The third-order valence-corrected chi connectivity index (χ3v) is 5.85. The topological polar surface area (TPSA) is 110 Å². The Balaban J connectivity index is 1.34. The molecule has 3 aromatic heterocycles. The fourth-order valence-corrected chi connectivity index (χ4v) is 4.52. The van der Waals surface area contributed by atoms with Crippen LogP contribution < -0.4 is 10.6 Å². The van der Waals surface area contributed by atoms with Crippen LogP contribution in [0.3, 0.4) is 0 Å². The number of aromatic nitrogens is 4. The SMILES string of the molecule is O=C(Cc1csc(NC(=O)c2ncccn2)n1)Nc1nc2c(s1)CCCC2. The Bertz CT molecular complexity index is 945. The first-order valence-electron chi connectivity index (χ1n) is 8.48. The molecule has 10 heteroatoms. The highest BCUT2D eigenvalue weighted by atomic mass is 32.1. The van der Waals surface area contributed by atoms with Crippen LogP contribution in [0.4, 0.5) is 10.3 Å². The van der Waals surface area contributed by atoms with E-state index in [4.69, 9.17) is 0 Å². The molecule has 0 spiro atoms. The number of rotatable bonds is 5. The molecular weight excluding hydrogens is 384 g/mol. The lowest BCUT2D eigenvalue weighted by Gasteiger charge is -2.06. The van der Waals surface area contributed by atoms with Gasteiger partial charge in [-0.2, -0.15) is 0 Å². The molecule has 0 saturated heterocycles. The van der Waals surface area contributed by atoms with Gasteiger partial charge in [-0.3, -0.25) is 14.9 Å². The lowest BCUT2D eigenvalue weighted by Crippen LogP contribution is -2.16. The largest absolute Gasteiger partial charge is 0.302 e. The number of carbonyl (C=O) groups is 2. The number of aryl methyl sites for hydroxylation is 2. The Kier molecular flexibility index (Phi) is 5.16. The second-order valence-corrected chi connectivity index (χ2v) is 7.93. The third kappa shape index (κ3) is 4.34. The van der Waals surface area contributed by atoms with E-state index in [1.807, 2.05) is 0 Å². The highest BCUT2D eigenvalue weighted by Gasteiger charge is 2.17. The zero-order valence-corrected chi connectivity index (χ0v) is 15.9. The first kappa shape index (κ1) is 17.7. The van der Waals surface area contributed by atoms with Gasteiger partial charge in [-0.25, -0.2) is 19.9 Å². The summed E-state index contributed by atoms with van der Waals surface area (Å²) >= 11 is 2.80. The molecule has 2 amide bonds. The Labute approximate surface area is 163 Å². The molecule has 0 saturated carbocycles. The summed E-state index contributed by atoms with van der Waals surface area (Å²) in [6.07, 6.45) is 7.49. The number of anilines is 2. The molecule has 0 aromatic carbocycles. The van der Waals surface area contributed by atoms with Crippen molar-refractivity contribution in [3.8, 4) is 0 Å². The molecule has 4 rings (SSSR count). The smallest absolute Gasteiger partial charge is 0.295 e. The number of carbonyl (C=O) groups excluding carboxylic acids is 2. The molecule has 1 aliphatic carbocycles. The van der Waals surface area contributed by atoms with E-state index in [1.165, 1.54) is 35.0 Å². The monoisotopic (exact) mass is 400 g/mol. The first-order chi connectivity index (χ1) is 13.2. The molecule has 2 N–H and O–H groups in total. The molecule has 138 valence electrons. The minimum atomic E-state index is -0.436. The summed E-state index contributed by atoms with van der Waals surface area (Å²) in [4.78, 5) is 42.1. The van der Waals surface area contributed by atoms with Gasteiger partial charge in [0.05, 0.1) is 17.8 Å². The molecular formula is C17H16N6O2S2. The molecule has 1 aliphatic rings. The van der Waals surface area contributed by atoms with Gasteiger partial charge in [0.15, 0.2) is 10.3 Å². The fourth-order valence-electron chi connectivity index (χ4n) is 2.75. The van der Waals surface area contributed by atoms with E-state index < -0.39 is 5.91 Å². The molecule has 0 fully saturated rings. The minimum absolute atomic E-state index is 0.0692. The van der Waals surface area contributed by atoms with Gasteiger partial charge in [0.2, 0.25) is 11.7 Å². The van der Waals surface area contributed by atoms with Crippen molar-refractivity contribution in [3.63, 3.8) is 0 Å². The minimum Gasteiger partial charge on any atom is -0.302 e. The van der Waals surface area contributed by atoms with Gasteiger partial charge in [-0.1, -0.05) is 0 Å². The van der Waals surface area contributed by atoms with E-state index in [9.17, 15) is 9.59 Å². The quantitative estimate of drug-likeness (QED) is 0.681. The lowest BCUT2D eigenvalue weighted by atomic mass is 10.0.